The van der Waals surface area contributed by atoms with E-state index in [1.165, 1.54) is 19.3 Å². The highest BCUT2D eigenvalue weighted by Gasteiger charge is 2.18. The van der Waals surface area contributed by atoms with Crippen molar-refractivity contribution in [3.05, 3.63) is 63.2 Å². The minimum absolute atomic E-state index is 0.0785. The van der Waals surface area contributed by atoms with E-state index < -0.39 is 4.92 Å². The normalized spacial score (nSPS) is 12.8. The van der Waals surface area contributed by atoms with E-state index in [9.17, 15) is 14.9 Å². The molecule has 0 atom stereocenters. The van der Waals surface area contributed by atoms with Gasteiger partial charge in [0.05, 0.1) is 12.0 Å². The molecule has 0 N–H and O–H groups in total. The number of carbonyl (C=O) groups excluding carboxylic acids is 1. The third kappa shape index (κ3) is 3.51. The van der Waals surface area contributed by atoms with Gasteiger partial charge < -0.3 is 14.2 Å². The summed E-state index contributed by atoms with van der Waals surface area (Å²) < 4.78 is 16.4. The Morgan fingerprint density at radius 1 is 1.23 bits per heavy atom. The second kappa shape index (κ2) is 7.26. The van der Waals surface area contributed by atoms with Gasteiger partial charge in [-0.05, 0) is 30.7 Å². The first-order chi connectivity index (χ1) is 12.5. The summed E-state index contributed by atoms with van der Waals surface area (Å²) in [5, 5.41) is 11.0. The molecule has 0 aliphatic carbocycles. The smallest absolute Gasteiger partial charge is 0.273 e. The van der Waals surface area contributed by atoms with Gasteiger partial charge in [0.25, 0.3) is 5.69 Å². The first-order valence-electron chi connectivity index (χ1n) is 7.94. The second-order valence-corrected chi connectivity index (χ2v) is 5.70. The van der Waals surface area contributed by atoms with Gasteiger partial charge in [0.2, 0.25) is 5.75 Å². The lowest BCUT2D eigenvalue weighted by Gasteiger charge is -2.20. The third-order valence-corrected chi connectivity index (χ3v) is 3.97. The van der Waals surface area contributed by atoms with Gasteiger partial charge in [-0.15, -0.1) is 0 Å². The first-order valence-corrected chi connectivity index (χ1v) is 7.94. The van der Waals surface area contributed by atoms with Crippen LogP contribution in [-0.2, 0) is 0 Å². The summed E-state index contributed by atoms with van der Waals surface area (Å²) in [7, 11) is 1.53. The summed E-state index contributed by atoms with van der Waals surface area (Å²) in [4.78, 5) is 22.9. The predicted molar refractivity (Wildman–Crippen MR) is 95.2 cm³/mol. The molecular weight excluding hydrogens is 338 g/mol. The molecule has 2 aromatic rings. The van der Waals surface area contributed by atoms with Crippen molar-refractivity contribution < 1.29 is 23.9 Å². The molecule has 3 rings (SSSR count). The van der Waals surface area contributed by atoms with Crippen LogP contribution in [0.4, 0.5) is 5.69 Å². The fourth-order valence-electron chi connectivity index (χ4n) is 2.62. The van der Waals surface area contributed by atoms with Crippen LogP contribution < -0.4 is 14.2 Å². The summed E-state index contributed by atoms with van der Waals surface area (Å²) >= 11 is 0. The average Bonchev–Trinajstić information content (AvgIpc) is 2.65. The van der Waals surface area contributed by atoms with Crippen LogP contribution in [0.5, 0.6) is 17.2 Å². The molecule has 26 heavy (non-hydrogen) atoms. The molecule has 0 unspecified atom stereocenters. The van der Waals surface area contributed by atoms with Gasteiger partial charge in [-0.25, -0.2) is 0 Å². The van der Waals surface area contributed by atoms with Crippen LogP contribution in [0.25, 0.3) is 6.08 Å². The number of ether oxygens (including phenoxy) is 3. The standard InChI is InChI=1S/C19H17NO6/c1-12-3-5-14(11-15(12)20(22)23)16(21)6-4-13-9-17(24-2)19-18(10-13)25-7-8-26-19/h3-6,9-11H,7-8H2,1-2H3/b6-4+. The van der Waals surface area contributed by atoms with E-state index in [2.05, 4.69) is 0 Å². The number of nitrogens with zero attached hydrogens (tertiary/aromatic N) is 1. The van der Waals surface area contributed by atoms with Gasteiger partial charge in [0.15, 0.2) is 17.3 Å². The number of hydrogen-bond donors (Lipinski definition) is 0. The van der Waals surface area contributed by atoms with Crippen molar-refractivity contribution in [1.82, 2.24) is 0 Å². The van der Waals surface area contributed by atoms with Crippen molar-refractivity contribution in [2.24, 2.45) is 0 Å². The van der Waals surface area contributed by atoms with E-state index >= 15 is 0 Å². The molecule has 0 saturated carbocycles. The van der Waals surface area contributed by atoms with E-state index in [0.29, 0.717) is 41.6 Å². The minimum atomic E-state index is -0.499. The molecule has 0 spiro atoms. The molecule has 0 amide bonds. The van der Waals surface area contributed by atoms with E-state index in [-0.39, 0.29) is 17.0 Å². The Kier molecular flexibility index (Phi) is 4.88. The zero-order valence-corrected chi connectivity index (χ0v) is 14.4. The van der Waals surface area contributed by atoms with Crippen LogP contribution in [0.1, 0.15) is 21.5 Å². The number of allylic oxidation sites excluding steroid dienone is 1. The Morgan fingerprint density at radius 3 is 2.73 bits per heavy atom. The SMILES string of the molecule is COc1cc(/C=C/C(=O)c2ccc(C)c([N+](=O)[O-])c2)cc2c1OCCO2. The molecule has 1 heterocycles. The summed E-state index contributed by atoms with van der Waals surface area (Å²) in [5.41, 5.74) is 1.38. The fourth-order valence-corrected chi connectivity index (χ4v) is 2.62. The van der Waals surface area contributed by atoms with Crippen LogP contribution in [0.2, 0.25) is 0 Å². The number of fused-ring (bicyclic) bond motifs is 1. The van der Waals surface area contributed by atoms with E-state index in [0.717, 1.165) is 0 Å². The lowest BCUT2D eigenvalue weighted by Crippen LogP contribution is -2.16. The van der Waals surface area contributed by atoms with E-state index in [4.69, 9.17) is 14.2 Å². The predicted octanol–water partition coefficient (Wildman–Crippen LogP) is 3.58. The lowest BCUT2D eigenvalue weighted by molar-refractivity contribution is -0.385. The van der Waals surface area contributed by atoms with Crippen molar-refractivity contribution in [2.75, 3.05) is 20.3 Å². The molecule has 0 fully saturated rings. The Morgan fingerprint density at radius 2 is 2.00 bits per heavy atom. The fraction of sp³-hybridized carbons (Fsp3) is 0.211. The molecule has 0 bridgehead atoms. The summed E-state index contributed by atoms with van der Waals surface area (Å²) in [5.74, 6) is 1.27. The Labute approximate surface area is 150 Å². The number of ketones is 1. The largest absolute Gasteiger partial charge is 0.493 e. The molecule has 1 aliphatic heterocycles. The maximum atomic E-state index is 12.4. The highest BCUT2D eigenvalue weighted by molar-refractivity contribution is 6.07. The summed E-state index contributed by atoms with van der Waals surface area (Å²) in [6, 6.07) is 7.89. The summed E-state index contributed by atoms with van der Waals surface area (Å²) in [6.07, 6.45) is 2.97. The monoisotopic (exact) mass is 355 g/mol. The highest BCUT2D eigenvalue weighted by Crippen LogP contribution is 2.40. The zero-order chi connectivity index (χ0) is 18.7. The zero-order valence-electron chi connectivity index (χ0n) is 14.4. The first kappa shape index (κ1) is 17.5. The van der Waals surface area contributed by atoms with Crippen LogP contribution in [0.15, 0.2) is 36.4 Å². The van der Waals surface area contributed by atoms with Crippen molar-refractivity contribution >= 4 is 17.5 Å². The number of carbonyl (C=O) groups is 1. The molecular formula is C19H17NO6. The third-order valence-electron chi connectivity index (χ3n) is 3.97. The van der Waals surface area contributed by atoms with Crippen LogP contribution in [-0.4, -0.2) is 31.0 Å². The van der Waals surface area contributed by atoms with Crippen molar-refractivity contribution in [3.63, 3.8) is 0 Å². The van der Waals surface area contributed by atoms with Gasteiger partial charge in [-0.1, -0.05) is 18.2 Å². The molecule has 0 radical (unpaired) electrons. The number of methoxy groups -OCH3 is 1. The van der Waals surface area contributed by atoms with Gasteiger partial charge >= 0.3 is 0 Å². The molecule has 7 nitrogen and oxygen atoms in total. The Balaban J connectivity index is 1.87. The Bertz CT molecular complexity index is 886. The molecule has 134 valence electrons. The Hall–Kier alpha value is -3.35. The van der Waals surface area contributed by atoms with Crippen molar-refractivity contribution in [1.29, 1.82) is 0 Å². The quantitative estimate of drug-likeness (QED) is 0.353. The maximum Gasteiger partial charge on any atom is 0.273 e. The summed E-state index contributed by atoms with van der Waals surface area (Å²) in [6.45, 7) is 2.52. The maximum absolute atomic E-state index is 12.4. The topological polar surface area (TPSA) is 87.9 Å². The van der Waals surface area contributed by atoms with Gasteiger partial charge in [0, 0.05) is 17.2 Å². The second-order valence-electron chi connectivity index (χ2n) is 5.70. The van der Waals surface area contributed by atoms with E-state index in [1.807, 2.05) is 0 Å². The van der Waals surface area contributed by atoms with E-state index in [1.54, 1.807) is 37.3 Å². The molecule has 0 aromatic heterocycles. The minimum Gasteiger partial charge on any atom is -0.493 e. The van der Waals surface area contributed by atoms with Crippen LogP contribution in [0.3, 0.4) is 0 Å². The van der Waals surface area contributed by atoms with Gasteiger partial charge in [-0.2, -0.15) is 0 Å². The number of nitro benzene ring substituents is 1. The highest BCUT2D eigenvalue weighted by atomic mass is 16.6. The van der Waals surface area contributed by atoms with Gasteiger partial charge in [-0.3, -0.25) is 14.9 Å². The lowest BCUT2D eigenvalue weighted by atomic mass is 10.1. The number of aryl methyl sites for hydroxylation is 1. The molecule has 7 heteroatoms. The number of benzene rings is 2. The average molecular weight is 355 g/mol. The van der Waals surface area contributed by atoms with Crippen molar-refractivity contribution in [2.45, 2.75) is 6.92 Å². The molecule has 2 aromatic carbocycles. The molecule has 1 aliphatic rings. The molecule has 0 saturated heterocycles. The van der Waals surface area contributed by atoms with Gasteiger partial charge in [0.1, 0.15) is 13.2 Å². The van der Waals surface area contributed by atoms with Crippen LogP contribution in [0, 0.1) is 17.0 Å². The number of nitro groups is 1. The number of rotatable bonds is 5. The van der Waals surface area contributed by atoms with Crippen molar-refractivity contribution in [3.8, 4) is 17.2 Å². The van der Waals surface area contributed by atoms with Crippen LogP contribution >= 0.6 is 0 Å². The number of hydrogen-bond acceptors (Lipinski definition) is 6.